The highest BCUT2D eigenvalue weighted by Crippen LogP contribution is 2.44. The van der Waals surface area contributed by atoms with Crippen LogP contribution in [0.3, 0.4) is 0 Å². The number of aliphatic hydroxyl groups is 1. The molecule has 1 amide bonds. The van der Waals surface area contributed by atoms with Crippen LogP contribution in [-0.4, -0.2) is 34.3 Å². The van der Waals surface area contributed by atoms with Gasteiger partial charge in [-0.2, -0.15) is 0 Å². The summed E-state index contributed by atoms with van der Waals surface area (Å²) >= 11 is 3.38. The van der Waals surface area contributed by atoms with Gasteiger partial charge in [0.25, 0.3) is 11.7 Å². The monoisotopic (exact) mass is 469 g/mol. The summed E-state index contributed by atoms with van der Waals surface area (Å²) in [5.74, 6) is -0.634. The zero-order valence-electron chi connectivity index (χ0n) is 16.8. The molecule has 1 heterocycles. The second-order valence-corrected chi connectivity index (χ2v) is 8.57. The number of hydrogen-bond donors (Lipinski definition) is 1. The van der Waals surface area contributed by atoms with Crippen LogP contribution in [0.4, 0.5) is 0 Å². The molecule has 2 aliphatic rings. The number of carbonyl (C=O) groups excluding carboxylic acids is 2. The largest absolute Gasteiger partial charge is 0.507 e. The molecule has 5 nitrogen and oxygen atoms in total. The van der Waals surface area contributed by atoms with E-state index < -0.39 is 17.7 Å². The smallest absolute Gasteiger partial charge is 0.295 e. The Morgan fingerprint density at radius 2 is 1.83 bits per heavy atom. The molecule has 0 spiro atoms. The summed E-state index contributed by atoms with van der Waals surface area (Å²) in [4.78, 5) is 27.9. The van der Waals surface area contributed by atoms with Crippen molar-refractivity contribution in [2.24, 2.45) is 0 Å². The Labute approximate surface area is 184 Å². The maximum atomic E-state index is 13.1. The lowest BCUT2D eigenvalue weighted by atomic mass is 9.94. The number of nitrogens with zero attached hydrogens (tertiary/aromatic N) is 1. The zero-order valence-corrected chi connectivity index (χ0v) is 18.4. The van der Waals surface area contributed by atoms with Crippen LogP contribution in [0.2, 0.25) is 0 Å². The topological polar surface area (TPSA) is 66.8 Å². The molecule has 156 valence electrons. The number of amides is 1. The van der Waals surface area contributed by atoms with Crippen molar-refractivity contribution in [3.05, 3.63) is 69.7 Å². The summed E-state index contributed by atoms with van der Waals surface area (Å²) in [7, 11) is 0. The van der Waals surface area contributed by atoms with E-state index in [1.54, 1.807) is 29.2 Å². The Balaban J connectivity index is 1.87. The van der Waals surface area contributed by atoms with Gasteiger partial charge in [-0.1, -0.05) is 53.0 Å². The summed E-state index contributed by atoms with van der Waals surface area (Å²) in [6, 6.07) is 13.9. The van der Waals surface area contributed by atoms with Crippen LogP contribution in [0.15, 0.2) is 58.6 Å². The number of halogens is 1. The predicted molar refractivity (Wildman–Crippen MR) is 118 cm³/mol. The van der Waals surface area contributed by atoms with Crippen LogP contribution < -0.4 is 4.74 Å². The average Bonchev–Trinajstić information content (AvgIpc) is 3.36. The number of rotatable bonds is 5. The van der Waals surface area contributed by atoms with Crippen molar-refractivity contribution in [1.82, 2.24) is 4.90 Å². The van der Waals surface area contributed by atoms with Gasteiger partial charge in [0.2, 0.25) is 0 Å². The van der Waals surface area contributed by atoms with Crippen LogP contribution in [0.25, 0.3) is 5.76 Å². The minimum Gasteiger partial charge on any atom is -0.507 e. The highest BCUT2D eigenvalue weighted by atomic mass is 79.9. The Morgan fingerprint density at radius 3 is 2.50 bits per heavy atom. The van der Waals surface area contributed by atoms with E-state index in [-0.39, 0.29) is 17.4 Å². The SMILES string of the molecule is CCOc1cccc(C2/C(=C(/O)c3ccc(Br)cc3)C(=O)C(=O)N2C2CCCC2)c1. The van der Waals surface area contributed by atoms with Gasteiger partial charge in [0.05, 0.1) is 18.2 Å². The van der Waals surface area contributed by atoms with E-state index in [0.29, 0.717) is 17.9 Å². The molecule has 30 heavy (non-hydrogen) atoms. The number of aliphatic hydroxyl groups excluding tert-OH is 1. The van der Waals surface area contributed by atoms with Gasteiger partial charge in [-0.15, -0.1) is 0 Å². The quantitative estimate of drug-likeness (QED) is 0.370. The van der Waals surface area contributed by atoms with E-state index in [1.807, 2.05) is 31.2 Å². The van der Waals surface area contributed by atoms with Crippen LogP contribution in [0.5, 0.6) is 5.75 Å². The minimum absolute atomic E-state index is 0.00239. The van der Waals surface area contributed by atoms with Crippen LogP contribution in [0.1, 0.15) is 49.8 Å². The number of hydrogen-bond acceptors (Lipinski definition) is 4. The number of likely N-dealkylation sites (tertiary alicyclic amines) is 1. The van der Waals surface area contributed by atoms with Crippen LogP contribution in [0, 0.1) is 0 Å². The third-order valence-corrected chi connectivity index (χ3v) is 6.33. The van der Waals surface area contributed by atoms with Gasteiger partial charge >= 0.3 is 0 Å². The van der Waals surface area contributed by atoms with Crippen LogP contribution in [-0.2, 0) is 9.59 Å². The van der Waals surface area contributed by atoms with Crippen molar-refractivity contribution < 1.29 is 19.4 Å². The molecule has 6 heteroatoms. The van der Waals surface area contributed by atoms with E-state index >= 15 is 0 Å². The molecule has 0 aromatic heterocycles. The fraction of sp³-hybridized carbons (Fsp3) is 0.333. The first kappa shape index (κ1) is 20.7. The van der Waals surface area contributed by atoms with E-state index in [2.05, 4.69) is 15.9 Å². The number of ketones is 1. The van der Waals surface area contributed by atoms with Crippen LogP contribution >= 0.6 is 15.9 Å². The average molecular weight is 470 g/mol. The molecule has 1 saturated heterocycles. The molecule has 4 rings (SSSR count). The van der Waals surface area contributed by atoms with Crippen molar-refractivity contribution in [3.8, 4) is 5.75 Å². The molecule has 2 aromatic rings. The van der Waals surface area contributed by atoms with E-state index in [4.69, 9.17) is 4.74 Å². The minimum atomic E-state index is -0.630. The fourth-order valence-corrected chi connectivity index (χ4v) is 4.71. The van der Waals surface area contributed by atoms with E-state index in [1.165, 1.54) is 0 Å². The molecule has 1 aliphatic heterocycles. The molecule has 0 bridgehead atoms. The zero-order chi connectivity index (χ0) is 21.3. The van der Waals surface area contributed by atoms with Crippen molar-refractivity contribution >= 4 is 33.4 Å². The lowest BCUT2D eigenvalue weighted by Gasteiger charge is -2.31. The summed E-state index contributed by atoms with van der Waals surface area (Å²) in [6.07, 6.45) is 3.80. The third kappa shape index (κ3) is 3.76. The van der Waals surface area contributed by atoms with Gasteiger partial charge in [-0.3, -0.25) is 9.59 Å². The lowest BCUT2D eigenvalue weighted by Crippen LogP contribution is -2.37. The highest BCUT2D eigenvalue weighted by molar-refractivity contribution is 9.10. The Morgan fingerprint density at radius 1 is 1.13 bits per heavy atom. The van der Waals surface area contributed by atoms with Gasteiger partial charge in [0.15, 0.2) is 0 Å². The van der Waals surface area contributed by atoms with E-state index in [0.717, 1.165) is 35.7 Å². The summed E-state index contributed by atoms with van der Waals surface area (Å²) < 4.78 is 6.51. The van der Waals surface area contributed by atoms with Crippen molar-refractivity contribution in [2.75, 3.05) is 6.61 Å². The Kier molecular flexibility index (Phi) is 5.95. The second-order valence-electron chi connectivity index (χ2n) is 7.66. The lowest BCUT2D eigenvalue weighted by molar-refractivity contribution is -0.141. The van der Waals surface area contributed by atoms with E-state index in [9.17, 15) is 14.7 Å². The number of benzene rings is 2. The Hall–Kier alpha value is -2.60. The number of ether oxygens (including phenoxy) is 1. The first-order chi connectivity index (χ1) is 14.5. The maximum absolute atomic E-state index is 13.1. The molecule has 1 atom stereocenters. The first-order valence-electron chi connectivity index (χ1n) is 10.3. The molecular weight excluding hydrogens is 446 g/mol. The van der Waals surface area contributed by atoms with Gasteiger partial charge < -0.3 is 14.7 Å². The number of carbonyl (C=O) groups is 2. The Bertz CT molecular complexity index is 993. The second kappa shape index (κ2) is 8.64. The van der Waals surface area contributed by atoms with Gasteiger partial charge in [-0.25, -0.2) is 0 Å². The van der Waals surface area contributed by atoms with Gasteiger partial charge in [0, 0.05) is 16.1 Å². The maximum Gasteiger partial charge on any atom is 0.295 e. The summed E-state index contributed by atoms with van der Waals surface area (Å²) in [6.45, 7) is 2.43. The third-order valence-electron chi connectivity index (χ3n) is 5.80. The summed E-state index contributed by atoms with van der Waals surface area (Å²) in [5, 5.41) is 11.1. The molecular formula is C24H24BrNO4. The molecule has 1 unspecified atom stereocenters. The standard InChI is InChI=1S/C24H24BrNO4/c1-2-30-19-9-5-6-16(14-19)21-20(22(27)15-10-12-17(25)13-11-15)23(28)24(29)26(21)18-7-3-4-8-18/h5-6,9-14,18,21,27H,2-4,7-8H2,1H3/b22-20-. The summed E-state index contributed by atoms with van der Waals surface area (Å²) in [5.41, 5.74) is 1.42. The predicted octanol–water partition coefficient (Wildman–Crippen LogP) is 5.21. The molecule has 2 fully saturated rings. The fourth-order valence-electron chi connectivity index (χ4n) is 4.44. The molecule has 1 N–H and O–H groups in total. The highest BCUT2D eigenvalue weighted by Gasteiger charge is 2.49. The van der Waals surface area contributed by atoms with Gasteiger partial charge in [0.1, 0.15) is 11.5 Å². The molecule has 2 aromatic carbocycles. The van der Waals surface area contributed by atoms with Gasteiger partial charge in [-0.05, 0) is 49.6 Å². The first-order valence-corrected chi connectivity index (χ1v) is 11.1. The molecule has 1 aliphatic carbocycles. The van der Waals surface area contributed by atoms with Crippen molar-refractivity contribution in [3.63, 3.8) is 0 Å². The normalized spacial score (nSPS) is 21.4. The molecule has 0 radical (unpaired) electrons. The van der Waals surface area contributed by atoms with Crippen molar-refractivity contribution in [1.29, 1.82) is 0 Å². The molecule has 1 saturated carbocycles. The van der Waals surface area contributed by atoms with Crippen molar-refractivity contribution in [2.45, 2.75) is 44.7 Å². The number of Topliss-reactive ketones (excluding diaryl/α,β-unsaturated/α-hetero) is 1.